The molecule has 1 rings (SSSR count). The number of cyclic esters (lactones) is 1. The molecule has 2 unspecified atom stereocenters. The van der Waals surface area contributed by atoms with Crippen molar-refractivity contribution in [3.05, 3.63) is 12.2 Å². The molecule has 0 aromatic heterocycles. The van der Waals surface area contributed by atoms with E-state index in [1.54, 1.807) is 0 Å². The Labute approximate surface area is 123 Å². The maximum atomic E-state index is 11.0. The molecule has 0 aromatic carbocycles. The van der Waals surface area contributed by atoms with Crippen LogP contribution in [-0.4, -0.2) is 17.4 Å². The van der Waals surface area contributed by atoms with Crippen LogP contribution in [0.2, 0.25) is 0 Å². The van der Waals surface area contributed by atoms with Crippen LogP contribution in [0.5, 0.6) is 0 Å². The van der Waals surface area contributed by atoms with Gasteiger partial charge >= 0.3 is 5.97 Å². The van der Waals surface area contributed by atoms with Crippen molar-refractivity contribution in [2.24, 2.45) is 16.7 Å². The lowest BCUT2D eigenvalue weighted by molar-refractivity contribution is -0.155. The number of hydrogen-bond acceptors (Lipinski definition) is 3. The summed E-state index contributed by atoms with van der Waals surface area (Å²) in [4.78, 5) is 11.0. The Morgan fingerprint density at radius 3 is 2.40 bits per heavy atom. The second-order valence-corrected chi connectivity index (χ2v) is 7.61. The smallest absolute Gasteiger partial charge is 0.308 e. The summed E-state index contributed by atoms with van der Waals surface area (Å²) < 4.78 is 4.73. The third-order valence-electron chi connectivity index (χ3n) is 4.27. The lowest BCUT2D eigenvalue weighted by Crippen LogP contribution is -2.22. The predicted octanol–water partition coefficient (Wildman–Crippen LogP) is 4.06. The summed E-state index contributed by atoms with van der Waals surface area (Å²) >= 11 is 0. The van der Waals surface area contributed by atoms with Crippen molar-refractivity contribution in [3.63, 3.8) is 0 Å². The molecule has 0 radical (unpaired) electrons. The monoisotopic (exact) mass is 282 g/mol. The highest BCUT2D eigenvalue weighted by molar-refractivity contribution is 5.71. The van der Waals surface area contributed by atoms with E-state index < -0.39 is 6.29 Å². The van der Waals surface area contributed by atoms with Gasteiger partial charge in [-0.3, -0.25) is 4.79 Å². The molecule has 1 saturated heterocycles. The van der Waals surface area contributed by atoms with Crippen molar-refractivity contribution in [1.82, 2.24) is 0 Å². The molecule has 0 spiro atoms. The number of rotatable bonds is 7. The Morgan fingerprint density at radius 2 is 1.90 bits per heavy atom. The molecule has 20 heavy (non-hydrogen) atoms. The van der Waals surface area contributed by atoms with E-state index in [1.807, 2.05) is 0 Å². The number of aliphatic hydroxyl groups excluding tert-OH is 1. The van der Waals surface area contributed by atoms with Gasteiger partial charge in [-0.2, -0.15) is 0 Å². The molecular weight excluding hydrogens is 252 g/mol. The Balaban J connectivity index is 2.38. The van der Waals surface area contributed by atoms with Crippen LogP contribution in [-0.2, 0) is 9.53 Å². The van der Waals surface area contributed by atoms with Crippen LogP contribution < -0.4 is 0 Å². The number of hydrogen-bond donors (Lipinski definition) is 1. The van der Waals surface area contributed by atoms with Gasteiger partial charge in [-0.1, -0.05) is 53.2 Å². The summed E-state index contributed by atoms with van der Waals surface area (Å²) in [6.07, 6.45) is 7.78. The molecule has 1 aliphatic heterocycles. The topological polar surface area (TPSA) is 46.5 Å². The van der Waals surface area contributed by atoms with Crippen molar-refractivity contribution in [2.45, 2.75) is 73.0 Å². The summed E-state index contributed by atoms with van der Waals surface area (Å²) in [5.41, 5.74) is 0.649. The van der Waals surface area contributed by atoms with Gasteiger partial charge in [-0.05, 0) is 30.1 Å². The second-order valence-electron chi connectivity index (χ2n) is 7.61. The van der Waals surface area contributed by atoms with Gasteiger partial charge in [0.1, 0.15) is 0 Å². The molecule has 0 aliphatic carbocycles. The number of allylic oxidation sites excluding steroid dienone is 2. The van der Waals surface area contributed by atoms with Gasteiger partial charge in [0.05, 0.1) is 6.42 Å². The Hall–Kier alpha value is -0.830. The quantitative estimate of drug-likeness (QED) is 0.566. The molecule has 0 bridgehead atoms. The van der Waals surface area contributed by atoms with Crippen molar-refractivity contribution < 1.29 is 14.6 Å². The maximum Gasteiger partial charge on any atom is 0.308 e. The van der Waals surface area contributed by atoms with Crippen LogP contribution in [0.4, 0.5) is 0 Å². The van der Waals surface area contributed by atoms with Gasteiger partial charge in [-0.15, -0.1) is 0 Å². The number of esters is 1. The molecule has 0 aromatic rings. The fourth-order valence-electron chi connectivity index (χ4n) is 2.96. The fraction of sp³-hybridized carbons (Fsp3) is 0.824. The molecular formula is C17H30O3. The zero-order valence-corrected chi connectivity index (χ0v) is 13.6. The van der Waals surface area contributed by atoms with E-state index in [4.69, 9.17) is 4.74 Å². The van der Waals surface area contributed by atoms with E-state index in [0.29, 0.717) is 18.3 Å². The minimum Gasteiger partial charge on any atom is -0.436 e. The second kappa shape index (κ2) is 6.75. The Morgan fingerprint density at radius 1 is 1.25 bits per heavy atom. The van der Waals surface area contributed by atoms with Crippen LogP contribution in [0, 0.1) is 16.7 Å². The average Bonchev–Trinajstić information content (AvgIpc) is 2.62. The van der Waals surface area contributed by atoms with Gasteiger partial charge in [0.2, 0.25) is 6.29 Å². The summed E-state index contributed by atoms with van der Waals surface area (Å²) in [6.45, 7) is 11.5. The van der Waals surface area contributed by atoms with E-state index >= 15 is 0 Å². The van der Waals surface area contributed by atoms with E-state index in [0.717, 1.165) is 6.42 Å². The van der Waals surface area contributed by atoms with E-state index in [1.165, 1.54) is 12.8 Å². The first kappa shape index (κ1) is 17.2. The van der Waals surface area contributed by atoms with Gasteiger partial charge in [0.15, 0.2) is 0 Å². The molecule has 3 nitrogen and oxygen atoms in total. The number of carbonyl (C=O) groups excluding carboxylic acids is 1. The molecule has 2 atom stereocenters. The fourth-order valence-corrected chi connectivity index (χ4v) is 2.96. The minimum absolute atomic E-state index is 0.0751. The third kappa shape index (κ3) is 5.66. The van der Waals surface area contributed by atoms with Crippen LogP contribution in [0.15, 0.2) is 12.2 Å². The van der Waals surface area contributed by atoms with Crippen LogP contribution in [0.3, 0.4) is 0 Å². The highest BCUT2D eigenvalue weighted by Crippen LogP contribution is 2.38. The Kier molecular flexibility index (Phi) is 5.81. The van der Waals surface area contributed by atoms with Crippen LogP contribution in [0.1, 0.15) is 66.7 Å². The molecule has 1 fully saturated rings. The molecule has 1 heterocycles. The van der Waals surface area contributed by atoms with Crippen molar-refractivity contribution in [1.29, 1.82) is 0 Å². The summed E-state index contributed by atoms with van der Waals surface area (Å²) in [7, 11) is 0. The largest absolute Gasteiger partial charge is 0.436 e. The SMILES string of the molecule is CCC(C)(C)CC(C)(C)CC=CCC1CC(=O)OC1O. The Bertz CT molecular complexity index is 355. The molecule has 0 amide bonds. The first-order valence-electron chi connectivity index (χ1n) is 7.68. The molecule has 3 heteroatoms. The van der Waals surface area contributed by atoms with Crippen molar-refractivity contribution in [3.8, 4) is 0 Å². The first-order valence-corrected chi connectivity index (χ1v) is 7.68. The zero-order valence-electron chi connectivity index (χ0n) is 13.6. The lowest BCUT2D eigenvalue weighted by Gasteiger charge is -2.33. The number of carbonyl (C=O) groups is 1. The summed E-state index contributed by atoms with van der Waals surface area (Å²) in [6, 6.07) is 0. The van der Waals surface area contributed by atoms with Gasteiger partial charge in [0.25, 0.3) is 0 Å². The predicted molar refractivity (Wildman–Crippen MR) is 81.0 cm³/mol. The van der Waals surface area contributed by atoms with E-state index in [9.17, 15) is 9.90 Å². The molecule has 1 N–H and O–H groups in total. The number of aliphatic hydroxyl groups is 1. The number of ether oxygens (including phenoxy) is 1. The normalized spacial score (nSPS) is 24.4. The van der Waals surface area contributed by atoms with E-state index in [2.05, 4.69) is 46.8 Å². The third-order valence-corrected chi connectivity index (χ3v) is 4.27. The highest BCUT2D eigenvalue weighted by atomic mass is 16.6. The maximum absolute atomic E-state index is 11.0. The minimum atomic E-state index is -0.917. The van der Waals surface area contributed by atoms with Crippen LogP contribution >= 0.6 is 0 Å². The molecule has 1 aliphatic rings. The van der Waals surface area contributed by atoms with Crippen LogP contribution in [0.25, 0.3) is 0 Å². The summed E-state index contributed by atoms with van der Waals surface area (Å²) in [5.74, 6) is -0.366. The van der Waals surface area contributed by atoms with Crippen molar-refractivity contribution >= 4 is 5.97 Å². The highest BCUT2D eigenvalue weighted by Gasteiger charge is 2.32. The first-order chi connectivity index (χ1) is 9.15. The standard InChI is InChI=1S/C17H30O3/c1-6-16(2,3)12-17(4,5)10-8-7-9-13-11-14(18)20-15(13)19/h7-8,13,15,19H,6,9-12H2,1-5H3. The van der Waals surface area contributed by atoms with Gasteiger partial charge in [-0.25, -0.2) is 0 Å². The van der Waals surface area contributed by atoms with Gasteiger partial charge < -0.3 is 9.84 Å². The summed E-state index contributed by atoms with van der Waals surface area (Å²) in [5, 5.41) is 9.53. The van der Waals surface area contributed by atoms with Gasteiger partial charge in [0, 0.05) is 5.92 Å². The molecule has 0 saturated carbocycles. The van der Waals surface area contributed by atoms with E-state index in [-0.39, 0.29) is 17.3 Å². The zero-order chi connectivity index (χ0) is 15.4. The molecule has 116 valence electrons. The van der Waals surface area contributed by atoms with Crippen molar-refractivity contribution in [2.75, 3.05) is 0 Å². The lowest BCUT2D eigenvalue weighted by atomic mass is 9.72. The average molecular weight is 282 g/mol.